The van der Waals surface area contributed by atoms with Crippen molar-refractivity contribution in [3.8, 4) is 0 Å². The number of hydrogen-bond acceptors (Lipinski definition) is 3. The van der Waals surface area contributed by atoms with Gasteiger partial charge in [-0.05, 0) is 11.6 Å². The van der Waals surface area contributed by atoms with Gasteiger partial charge >= 0.3 is 0 Å². The van der Waals surface area contributed by atoms with E-state index in [1.54, 1.807) is 11.0 Å². The summed E-state index contributed by atoms with van der Waals surface area (Å²) in [6, 6.07) is 7.26. The van der Waals surface area contributed by atoms with E-state index < -0.39 is 0 Å². The minimum atomic E-state index is -0.0983. The number of halogens is 1. The highest BCUT2D eigenvalue weighted by Gasteiger charge is 2.17. The third-order valence-corrected chi connectivity index (χ3v) is 3.47. The van der Waals surface area contributed by atoms with Crippen LogP contribution in [-0.2, 0) is 20.7 Å². The number of nitrogens with zero attached hydrogens (tertiary/aromatic N) is 1. The van der Waals surface area contributed by atoms with E-state index in [0.29, 0.717) is 31.3 Å². The molecule has 108 valence electrons. The normalized spacial score (nSPS) is 15.2. The summed E-state index contributed by atoms with van der Waals surface area (Å²) in [5.41, 5.74) is 0.800. The van der Waals surface area contributed by atoms with E-state index in [0.717, 1.165) is 5.56 Å². The first kappa shape index (κ1) is 14.8. The van der Waals surface area contributed by atoms with E-state index >= 15 is 0 Å². The van der Waals surface area contributed by atoms with E-state index in [2.05, 4.69) is 5.32 Å². The molecule has 2 amide bonds. The molecular formula is C14H17ClN2O3. The van der Waals surface area contributed by atoms with Crippen LogP contribution in [0.5, 0.6) is 0 Å². The average Bonchev–Trinajstić information content (AvgIpc) is 2.43. The third-order valence-electron chi connectivity index (χ3n) is 3.10. The summed E-state index contributed by atoms with van der Waals surface area (Å²) in [5, 5.41) is 3.38. The topological polar surface area (TPSA) is 58.6 Å². The molecule has 1 fully saturated rings. The van der Waals surface area contributed by atoms with Crippen molar-refractivity contribution < 1.29 is 14.3 Å². The fourth-order valence-corrected chi connectivity index (χ4v) is 2.20. The lowest BCUT2D eigenvalue weighted by Gasteiger charge is -2.26. The summed E-state index contributed by atoms with van der Waals surface area (Å²) < 4.78 is 5.04. The van der Waals surface area contributed by atoms with Gasteiger partial charge in [-0.25, -0.2) is 0 Å². The number of hydrogen-bond donors (Lipinski definition) is 1. The van der Waals surface area contributed by atoms with Gasteiger partial charge in [0.1, 0.15) is 6.61 Å². The lowest BCUT2D eigenvalue weighted by molar-refractivity contribution is -0.142. The van der Waals surface area contributed by atoms with Gasteiger partial charge in [0, 0.05) is 24.7 Å². The zero-order chi connectivity index (χ0) is 14.4. The molecule has 1 aromatic carbocycles. The standard InChI is InChI=1S/C14H17ClN2O3/c15-12-4-2-1-3-11(12)9-13(18)16-5-6-17-7-8-20-10-14(17)19/h1-4H,5-10H2,(H,16,18). The monoisotopic (exact) mass is 296 g/mol. The van der Waals surface area contributed by atoms with Crippen LogP contribution in [-0.4, -0.2) is 49.6 Å². The van der Waals surface area contributed by atoms with E-state index in [9.17, 15) is 9.59 Å². The minimum Gasteiger partial charge on any atom is -0.370 e. The summed E-state index contributed by atoms with van der Waals surface area (Å²) in [6.45, 7) is 2.22. The number of rotatable bonds is 5. The third kappa shape index (κ3) is 4.21. The highest BCUT2D eigenvalue weighted by molar-refractivity contribution is 6.31. The predicted molar refractivity (Wildman–Crippen MR) is 75.6 cm³/mol. The first-order chi connectivity index (χ1) is 9.66. The van der Waals surface area contributed by atoms with Gasteiger partial charge in [-0.2, -0.15) is 0 Å². The molecule has 2 rings (SSSR count). The molecule has 20 heavy (non-hydrogen) atoms. The lowest BCUT2D eigenvalue weighted by atomic mass is 10.1. The molecule has 1 heterocycles. The van der Waals surface area contributed by atoms with Crippen LogP contribution >= 0.6 is 11.6 Å². The number of ether oxygens (including phenoxy) is 1. The molecule has 0 radical (unpaired) electrons. The second-order valence-electron chi connectivity index (χ2n) is 4.55. The van der Waals surface area contributed by atoms with Gasteiger partial charge in [-0.1, -0.05) is 29.8 Å². The Bertz CT molecular complexity index is 493. The van der Waals surface area contributed by atoms with Gasteiger partial charge in [0.05, 0.1) is 13.0 Å². The molecule has 0 aliphatic carbocycles. The van der Waals surface area contributed by atoms with Crippen LogP contribution in [0.25, 0.3) is 0 Å². The Labute approximate surface area is 122 Å². The number of amides is 2. The molecule has 0 bridgehead atoms. The fraction of sp³-hybridized carbons (Fsp3) is 0.429. The molecule has 0 unspecified atom stereocenters. The first-order valence-electron chi connectivity index (χ1n) is 6.52. The molecule has 0 atom stereocenters. The van der Waals surface area contributed by atoms with Gasteiger partial charge in [0.25, 0.3) is 0 Å². The smallest absolute Gasteiger partial charge is 0.248 e. The van der Waals surface area contributed by atoms with Crippen molar-refractivity contribution >= 4 is 23.4 Å². The number of carbonyl (C=O) groups is 2. The predicted octanol–water partition coefficient (Wildman–Crippen LogP) is 0.857. The van der Waals surface area contributed by atoms with Crippen LogP contribution in [0.15, 0.2) is 24.3 Å². The van der Waals surface area contributed by atoms with Crippen molar-refractivity contribution in [2.75, 3.05) is 32.8 Å². The number of morpholine rings is 1. The Morgan fingerprint density at radius 1 is 1.40 bits per heavy atom. The average molecular weight is 297 g/mol. The van der Waals surface area contributed by atoms with Crippen molar-refractivity contribution in [1.29, 1.82) is 0 Å². The van der Waals surface area contributed by atoms with Gasteiger partial charge in [-0.3, -0.25) is 9.59 Å². The van der Waals surface area contributed by atoms with Crippen LogP contribution in [0.2, 0.25) is 5.02 Å². The number of carbonyl (C=O) groups excluding carboxylic acids is 2. The molecule has 0 spiro atoms. The molecule has 0 aromatic heterocycles. The van der Waals surface area contributed by atoms with Crippen LogP contribution < -0.4 is 5.32 Å². The van der Waals surface area contributed by atoms with Gasteiger partial charge in [0.15, 0.2) is 0 Å². The number of benzene rings is 1. The summed E-state index contributed by atoms with van der Waals surface area (Å²) in [7, 11) is 0. The molecule has 1 aliphatic heterocycles. The van der Waals surface area contributed by atoms with E-state index in [1.165, 1.54) is 0 Å². The zero-order valence-corrected chi connectivity index (χ0v) is 11.9. The Morgan fingerprint density at radius 3 is 2.95 bits per heavy atom. The zero-order valence-electron chi connectivity index (χ0n) is 11.1. The van der Waals surface area contributed by atoms with E-state index in [4.69, 9.17) is 16.3 Å². The van der Waals surface area contributed by atoms with Crippen LogP contribution in [0.3, 0.4) is 0 Å². The Hall–Kier alpha value is -1.59. The largest absolute Gasteiger partial charge is 0.370 e. The van der Waals surface area contributed by atoms with Crippen molar-refractivity contribution in [1.82, 2.24) is 10.2 Å². The van der Waals surface area contributed by atoms with Crippen molar-refractivity contribution in [2.24, 2.45) is 0 Å². The Balaban J connectivity index is 1.73. The summed E-state index contributed by atoms with van der Waals surface area (Å²) in [6.07, 6.45) is 0.247. The van der Waals surface area contributed by atoms with Gasteiger partial charge in [-0.15, -0.1) is 0 Å². The SMILES string of the molecule is O=C(Cc1ccccc1Cl)NCCN1CCOCC1=O. The highest BCUT2D eigenvalue weighted by atomic mass is 35.5. The molecule has 1 saturated heterocycles. The van der Waals surface area contributed by atoms with Gasteiger partial charge in [0.2, 0.25) is 11.8 Å². The molecule has 1 N–H and O–H groups in total. The van der Waals surface area contributed by atoms with E-state index in [1.807, 2.05) is 18.2 Å². The van der Waals surface area contributed by atoms with Gasteiger partial charge < -0.3 is 15.0 Å². The summed E-state index contributed by atoms with van der Waals surface area (Å²) in [4.78, 5) is 25.0. The fourth-order valence-electron chi connectivity index (χ4n) is 1.99. The van der Waals surface area contributed by atoms with Crippen molar-refractivity contribution in [3.05, 3.63) is 34.9 Å². The Morgan fingerprint density at radius 2 is 2.20 bits per heavy atom. The first-order valence-corrected chi connectivity index (χ1v) is 6.90. The molecule has 1 aromatic rings. The quantitative estimate of drug-likeness (QED) is 0.877. The van der Waals surface area contributed by atoms with Crippen molar-refractivity contribution in [3.63, 3.8) is 0 Å². The molecule has 6 heteroatoms. The highest BCUT2D eigenvalue weighted by Crippen LogP contribution is 2.15. The maximum Gasteiger partial charge on any atom is 0.248 e. The molecular weight excluding hydrogens is 280 g/mol. The van der Waals surface area contributed by atoms with Crippen LogP contribution in [0.4, 0.5) is 0 Å². The van der Waals surface area contributed by atoms with Crippen molar-refractivity contribution in [2.45, 2.75) is 6.42 Å². The lowest BCUT2D eigenvalue weighted by Crippen LogP contribution is -2.45. The maximum absolute atomic E-state index is 11.8. The van der Waals surface area contributed by atoms with E-state index in [-0.39, 0.29) is 24.8 Å². The Kier molecular flexibility index (Phi) is 5.38. The molecule has 0 saturated carbocycles. The maximum atomic E-state index is 11.8. The molecule has 5 nitrogen and oxygen atoms in total. The second-order valence-corrected chi connectivity index (χ2v) is 4.96. The van der Waals surface area contributed by atoms with Crippen LogP contribution in [0.1, 0.15) is 5.56 Å². The second kappa shape index (κ2) is 7.26. The minimum absolute atomic E-state index is 0.0309. The summed E-state index contributed by atoms with van der Waals surface area (Å²) in [5.74, 6) is -0.129. The number of nitrogens with one attached hydrogen (secondary N) is 1. The molecule has 1 aliphatic rings. The summed E-state index contributed by atoms with van der Waals surface area (Å²) >= 11 is 6.00. The van der Waals surface area contributed by atoms with Crippen LogP contribution in [0, 0.1) is 0 Å².